The summed E-state index contributed by atoms with van der Waals surface area (Å²) in [6, 6.07) is 0. The van der Waals surface area contributed by atoms with Crippen molar-refractivity contribution in [1.29, 1.82) is 0 Å². The Kier molecular flexibility index (Phi) is 7.59. The lowest BCUT2D eigenvalue weighted by Gasteiger charge is -2.06. The Morgan fingerprint density at radius 3 is 2.36 bits per heavy atom. The van der Waals surface area contributed by atoms with Crippen LogP contribution in [0.25, 0.3) is 0 Å². The molecule has 14 heavy (non-hydrogen) atoms. The summed E-state index contributed by atoms with van der Waals surface area (Å²) >= 11 is 0. The minimum absolute atomic E-state index is 0.332. The summed E-state index contributed by atoms with van der Waals surface area (Å²) in [6.07, 6.45) is 1.07. The van der Waals surface area contributed by atoms with Gasteiger partial charge < -0.3 is 9.47 Å². The van der Waals surface area contributed by atoms with Gasteiger partial charge in [-0.3, -0.25) is 0 Å². The van der Waals surface area contributed by atoms with Gasteiger partial charge in [0.15, 0.2) is 0 Å². The molecule has 0 saturated heterocycles. The van der Waals surface area contributed by atoms with Gasteiger partial charge in [0.05, 0.1) is 13.2 Å². The molecule has 0 unspecified atom stereocenters. The van der Waals surface area contributed by atoms with E-state index < -0.39 is 6.09 Å². The van der Waals surface area contributed by atoms with E-state index in [2.05, 4.69) is 15.3 Å². The molecule has 0 rings (SSSR count). The second-order valence-corrected chi connectivity index (χ2v) is 2.52. The summed E-state index contributed by atoms with van der Waals surface area (Å²) in [5.41, 5.74) is 2.26. The van der Waals surface area contributed by atoms with Crippen molar-refractivity contribution < 1.29 is 14.3 Å². The lowest BCUT2D eigenvalue weighted by atomic mass is 10.3. The van der Waals surface area contributed by atoms with E-state index in [1.165, 1.54) is 0 Å². The fourth-order valence-electron chi connectivity index (χ4n) is 0.812. The van der Waals surface area contributed by atoms with Crippen molar-refractivity contribution in [1.82, 2.24) is 5.43 Å². The molecule has 0 radical (unpaired) electrons. The predicted molar refractivity (Wildman–Crippen MR) is 54.1 cm³/mol. The van der Waals surface area contributed by atoms with Crippen molar-refractivity contribution in [2.75, 3.05) is 13.2 Å². The predicted octanol–water partition coefficient (Wildman–Crippen LogP) is 1.88. The Bertz CT molecular complexity index is 184. The monoisotopic (exact) mass is 202 g/mol. The van der Waals surface area contributed by atoms with Crippen molar-refractivity contribution in [3.63, 3.8) is 0 Å². The van der Waals surface area contributed by atoms with Gasteiger partial charge in [0.25, 0.3) is 0 Å². The molecule has 1 N–H and O–H groups in total. The number of amides is 1. The van der Waals surface area contributed by atoms with Crippen molar-refractivity contribution in [3.05, 3.63) is 0 Å². The zero-order valence-electron chi connectivity index (χ0n) is 9.00. The summed E-state index contributed by atoms with van der Waals surface area (Å²) in [5, 5.41) is 3.79. The van der Waals surface area contributed by atoms with E-state index in [1.54, 1.807) is 6.92 Å². The highest BCUT2D eigenvalue weighted by molar-refractivity contribution is 5.78. The minimum atomic E-state index is -0.555. The van der Waals surface area contributed by atoms with Crippen LogP contribution in [-0.4, -0.2) is 25.2 Å². The summed E-state index contributed by atoms with van der Waals surface area (Å²) in [6.45, 7) is 6.50. The van der Waals surface area contributed by atoms with E-state index in [9.17, 15) is 4.79 Å². The molecular formula is C9H18N2O3. The lowest BCUT2D eigenvalue weighted by Crippen LogP contribution is -2.21. The number of hydrogen-bond donors (Lipinski definition) is 1. The molecule has 0 spiro atoms. The number of rotatable bonds is 5. The summed E-state index contributed by atoms with van der Waals surface area (Å²) in [4.78, 5) is 10.9. The fraction of sp³-hybridized carbons (Fsp3) is 0.778. The molecule has 1 amide bonds. The number of nitrogens with one attached hydrogen (secondary N) is 1. The van der Waals surface area contributed by atoms with Gasteiger partial charge in [-0.1, -0.05) is 6.92 Å². The zero-order valence-corrected chi connectivity index (χ0v) is 9.00. The van der Waals surface area contributed by atoms with Crippen LogP contribution in [0.4, 0.5) is 4.79 Å². The van der Waals surface area contributed by atoms with Crippen LogP contribution in [0.5, 0.6) is 0 Å². The van der Waals surface area contributed by atoms with Crippen LogP contribution in [0, 0.1) is 0 Å². The maximum absolute atomic E-state index is 10.9. The Labute approximate surface area is 84.5 Å². The zero-order chi connectivity index (χ0) is 10.8. The van der Waals surface area contributed by atoms with Crippen LogP contribution in [0.3, 0.4) is 0 Å². The number of hydrogen-bond acceptors (Lipinski definition) is 4. The minimum Gasteiger partial charge on any atom is -0.480 e. The molecule has 0 atom stereocenters. The van der Waals surface area contributed by atoms with Crippen LogP contribution >= 0.6 is 0 Å². The first-order chi connectivity index (χ1) is 6.74. The van der Waals surface area contributed by atoms with Gasteiger partial charge in [0.2, 0.25) is 5.90 Å². The van der Waals surface area contributed by atoms with E-state index in [0.29, 0.717) is 25.5 Å². The van der Waals surface area contributed by atoms with Crippen LogP contribution in [-0.2, 0) is 9.47 Å². The highest BCUT2D eigenvalue weighted by atomic mass is 16.6. The largest absolute Gasteiger partial charge is 0.480 e. The molecule has 0 aromatic carbocycles. The summed E-state index contributed by atoms with van der Waals surface area (Å²) in [5.74, 6) is 0.531. The molecule has 0 aliphatic carbocycles. The quantitative estimate of drug-likeness (QED) is 0.420. The Morgan fingerprint density at radius 1 is 1.21 bits per heavy atom. The molecule has 0 bridgehead atoms. The first-order valence-electron chi connectivity index (χ1n) is 4.86. The highest BCUT2D eigenvalue weighted by Crippen LogP contribution is 1.93. The number of carbonyl (C=O) groups is 1. The van der Waals surface area contributed by atoms with Gasteiger partial charge in [-0.05, 0) is 20.3 Å². The average Bonchev–Trinajstić information content (AvgIpc) is 2.15. The van der Waals surface area contributed by atoms with Gasteiger partial charge in [-0.2, -0.15) is 0 Å². The van der Waals surface area contributed by atoms with E-state index in [0.717, 1.165) is 6.42 Å². The van der Waals surface area contributed by atoms with E-state index in [-0.39, 0.29) is 0 Å². The molecule has 0 heterocycles. The molecule has 82 valence electrons. The Morgan fingerprint density at radius 2 is 1.86 bits per heavy atom. The van der Waals surface area contributed by atoms with Crippen LogP contribution < -0.4 is 5.43 Å². The van der Waals surface area contributed by atoms with Crippen LogP contribution in [0.2, 0.25) is 0 Å². The maximum Gasteiger partial charge on any atom is 0.427 e. The number of hydrazone groups is 1. The Hall–Kier alpha value is -1.26. The first-order valence-corrected chi connectivity index (χ1v) is 4.86. The molecule has 0 aliphatic rings. The molecule has 0 aliphatic heterocycles. The number of ether oxygens (including phenoxy) is 2. The highest BCUT2D eigenvalue weighted by Gasteiger charge is 2.01. The first kappa shape index (κ1) is 12.7. The molecule has 0 fully saturated rings. The topological polar surface area (TPSA) is 59.9 Å². The molecule has 5 nitrogen and oxygen atoms in total. The molecule has 0 aromatic rings. The summed E-state index contributed by atoms with van der Waals surface area (Å²) in [7, 11) is 0. The van der Waals surface area contributed by atoms with Crippen molar-refractivity contribution in [3.8, 4) is 0 Å². The standard InChI is InChI=1S/C9H18N2O3/c1-4-7-8(13-5-2)10-11-9(12)14-6-3/h4-7H2,1-3H3,(H,11,12). The number of carbonyl (C=O) groups excluding carboxylic acids is 1. The van der Waals surface area contributed by atoms with Crippen molar-refractivity contribution in [2.24, 2.45) is 5.10 Å². The van der Waals surface area contributed by atoms with Crippen molar-refractivity contribution >= 4 is 12.0 Å². The van der Waals surface area contributed by atoms with E-state index >= 15 is 0 Å². The molecular weight excluding hydrogens is 184 g/mol. The van der Waals surface area contributed by atoms with Gasteiger partial charge in [-0.25, -0.2) is 10.2 Å². The smallest absolute Gasteiger partial charge is 0.427 e. The number of nitrogens with zero attached hydrogens (tertiary/aromatic N) is 1. The van der Waals surface area contributed by atoms with Gasteiger partial charge in [0, 0.05) is 6.42 Å². The average molecular weight is 202 g/mol. The van der Waals surface area contributed by atoms with Crippen molar-refractivity contribution in [2.45, 2.75) is 33.6 Å². The fourth-order valence-corrected chi connectivity index (χ4v) is 0.812. The molecule has 5 heteroatoms. The van der Waals surface area contributed by atoms with Gasteiger partial charge >= 0.3 is 6.09 Å². The van der Waals surface area contributed by atoms with Crippen LogP contribution in [0.15, 0.2) is 5.10 Å². The third kappa shape index (κ3) is 6.28. The van der Waals surface area contributed by atoms with E-state index in [1.807, 2.05) is 13.8 Å². The molecule has 0 aromatic heterocycles. The Balaban J connectivity index is 3.93. The second kappa shape index (κ2) is 8.34. The van der Waals surface area contributed by atoms with Gasteiger partial charge in [0.1, 0.15) is 0 Å². The van der Waals surface area contributed by atoms with Crippen LogP contribution in [0.1, 0.15) is 33.6 Å². The summed E-state index contributed by atoms with van der Waals surface area (Å²) < 4.78 is 9.83. The molecule has 0 saturated carbocycles. The second-order valence-electron chi connectivity index (χ2n) is 2.52. The third-order valence-corrected chi connectivity index (χ3v) is 1.32. The SMILES string of the molecule is CCCC(=NNC(=O)OCC)OCC. The lowest BCUT2D eigenvalue weighted by molar-refractivity contribution is 0.152. The normalized spacial score (nSPS) is 10.9. The van der Waals surface area contributed by atoms with E-state index in [4.69, 9.17) is 4.74 Å². The maximum atomic E-state index is 10.9. The van der Waals surface area contributed by atoms with Gasteiger partial charge in [-0.15, -0.1) is 5.10 Å². The third-order valence-electron chi connectivity index (χ3n) is 1.32.